The van der Waals surface area contributed by atoms with Gasteiger partial charge in [0.1, 0.15) is 12.6 Å². The summed E-state index contributed by atoms with van der Waals surface area (Å²) in [4.78, 5) is 41.7. The summed E-state index contributed by atoms with van der Waals surface area (Å²) in [5.41, 5.74) is 0.983. The van der Waals surface area contributed by atoms with Crippen LogP contribution in [-0.4, -0.2) is 77.9 Å². The summed E-state index contributed by atoms with van der Waals surface area (Å²) in [7, 11) is 0. The van der Waals surface area contributed by atoms with E-state index >= 15 is 0 Å². The van der Waals surface area contributed by atoms with E-state index in [-0.39, 0.29) is 30.9 Å². The molecule has 134 valence electrons. The van der Waals surface area contributed by atoms with Crippen molar-refractivity contribution >= 4 is 17.7 Å². The highest BCUT2D eigenvalue weighted by Crippen LogP contribution is 2.17. The number of hydrogen-bond donors (Lipinski definition) is 0. The minimum atomic E-state index is -0.606. The Hall–Kier alpha value is -2.41. The van der Waals surface area contributed by atoms with E-state index in [2.05, 4.69) is 0 Å². The Balaban J connectivity index is 1.69. The van der Waals surface area contributed by atoms with E-state index in [1.807, 2.05) is 30.3 Å². The van der Waals surface area contributed by atoms with E-state index in [1.54, 1.807) is 14.7 Å². The zero-order valence-electron chi connectivity index (χ0n) is 14.4. The molecule has 7 nitrogen and oxygen atoms in total. The number of carbonyl (C=O) groups is 3. The lowest BCUT2D eigenvalue weighted by molar-refractivity contribution is -0.161. The molecule has 2 aliphatic rings. The van der Waals surface area contributed by atoms with Gasteiger partial charge in [0, 0.05) is 39.6 Å². The van der Waals surface area contributed by atoms with E-state index in [0.717, 1.165) is 5.56 Å². The molecule has 2 aliphatic heterocycles. The monoisotopic (exact) mass is 345 g/mol. The molecule has 2 fully saturated rings. The van der Waals surface area contributed by atoms with Gasteiger partial charge in [-0.2, -0.15) is 0 Å². The molecule has 25 heavy (non-hydrogen) atoms. The van der Waals surface area contributed by atoms with Crippen LogP contribution >= 0.6 is 0 Å². The summed E-state index contributed by atoms with van der Waals surface area (Å²) in [6.45, 7) is 4.19. The number of hydrogen-bond acceptors (Lipinski definition) is 4. The largest absolute Gasteiger partial charge is 0.369 e. The molecule has 3 rings (SSSR count). The minimum absolute atomic E-state index is 0.00866. The van der Waals surface area contributed by atoms with Crippen LogP contribution in [0.4, 0.5) is 0 Å². The average molecular weight is 345 g/mol. The highest BCUT2D eigenvalue weighted by atomic mass is 16.5. The third kappa shape index (κ3) is 3.99. The zero-order chi connectivity index (χ0) is 17.8. The molecule has 0 unspecified atom stereocenters. The third-order valence-corrected chi connectivity index (χ3v) is 4.72. The third-order valence-electron chi connectivity index (χ3n) is 4.72. The van der Waals surface area contributed by atoms with Gasteiger partial charge in [-0.25, -0.2) is 0 Å². The van der Waals surface area contributed by atoms with Gasteiger partial charge >= 0.3 is 0 Å². The van der Waals surface area contributed by atoms with Crippen molar-refractivity contribution in [1.82, 2.24) is 14.7 Å². The highest BCUT2D eigenvalue weighted by molar-refractivity contribution is 5.89. The lowest BCUT2D eigenvalue weighted by Crippen LogP contribution is -2.59. The Morgan fingerprint density at radius 2 is 1.72 bits per heavy atom. The first kappa shape index (κ1) is 17.4. The average Bonchev–Trinajstić information content (AvgIpc) is 2.64. The molecular weight excluding hydrogens is 322 g/mol. The molecule has 3 amide bonds. The molecule has 2 heterocycles. The van der Waals surface area contributed by atoms with Crippen molar-refractivity contribution in [2.45, 2.75) is 19.5 Å². The number of nitrogens with zero attached hydrogens (tertiary/aromatic N) is 3. The first-order valence-electron chi connectivity index (χ1n) is 8.51. The SMILES string of the molecule is CC(=O)N1CCN(C(=O)[C@H]2COCC(=O)N2Cc2ccccc2)CC1. The quantitative estimate of drug-likeness (QED) is 0.779. The van der Waals surface area contributed by atoms with Crippen LogP contribution in [0.5, 0.6) is 0 Å². The van der Waals surface area contributed by atoms with Gasteiger partial charge in [0.05, 0.1) is 6.61 Å². The predicted molar refractivity (Wildman–Crippen MR) is 90.4 cm³/mol. The normalized spacial score (nSPS) is 21.4. The second-order valence-corrected chi connectivity index (χ2v) is 6.37. The van der Waals surface area contributed by atoms with Gasteiger partial charge in [-0.3, -0.25) is 14.4 Å². The first-order valence-corrected chi connectivity index (χ1v) is 8.51. The van der Waals surface area contributed by atoms with E-state index in [4.69, 9.17) is 4.74 Å². The number of benzene rings is 1. The van der Waals surface area contributed by atoms with E-state index < -0.39 is 6.04 Å². The summed E-state index contributed by atoms with van der Waals surface area (Å²) >= 11 is 0. The van der Waals surface area contributed by atoms with Crippen LogP contribution in [0.2, 0.25) is 0 Å². The van der Waals surface area contributed by atoms with Crippen molar-refractivity contribution in [2.75, 3.05) is 39.4 Å². The fourth-order valence-corrected chi connectivity index (χ4v) is 3.24. The maximum atomic E-state index is 12.9. The molecule has 0 aromatic heterocycles. The van der Waals surface area contributed by atoms with Crippen molar-refractivity contribution in [3.63, 3.8) is 0 Å². The Labute approximate surface area is 147 Å². The van der Waals surface area contributed by atoms with E-state index in [0.29, 0.717) is 32.7 Å². The van der Waals surface area contributed by atoms with Gasteiger partial charge < -0.3 is 19.4 Å². The summed E-state index contributed by atoms with van der Waals surface area (Å²) < 4.78 is 5.33. The molecular formula is C18H23N3O4. The molecule has 0 saturated carbocycles. The van der Waals surface area contributed by atoms with Crippen molar-refractivity contribution in [2.24, 2.45) is 0 Å². The molecule has 0 spiro atoms. The predicted octanol–water partition coefficient (Wildman–Crippen LogP) is 0.105. The number of morpholine rings is 1. The van der Waals surface area contributed by atoms with E-state index in [1.165, 1.54) is 6.92 Å². The number of carbonyl (C=O) groups excluding carboxylic acids is 3. The van der Waals surface area contributed by atoms with Crippen LogP contribution < -0.4 is 0 Å². The first-order chi connectivity index (χ1) is 12.1. The zero-order valence-corrected chi connectivity index (χ0v) is 14.4. The van der Waals surface area contributed by atoms with Crippen LogP contribution in [0.15, 0.2) is 30.3 Å². The molecule has 0 N–H and O–H groups in total. The topological polar surface area (TPSA) is 70.2 Å². The number of ether oxygens (including phenoxy) is 1. The molecule has 1 aromatic carbocycles. The highest BCUT2D eigenvalue weighted by Gasteiger charge is 2.37. The van der Waals surface area contributed by atoms with Gasteiger partial charge in [0.2, 0.25) is 17.7 Å². The summed E-state index contributed by atoms with van der Waals surface area (Å²) in [6.07, 6.45) is 0. The second-order valence-electron chi connectivity index (χ2n) is 6.37. The van der Waals surface area contributed by atoms with Gasteiger partial charge in [-0.1, -0.05) is 30.3 Å². The Morgan fingerprint density at radius 1 is 1.08 bits per heavy atom. The van der Waals surface area contributed by atoms with Crippen LogP contribution in [0, 0.1) is 0 Å². The maximum absolute atomic E-state index is 12.9. The fourth-order valence-electron chi connectivity index (χ4n) is 3.24. The molecule has 2 saturated heterocycles. The van der Waals surface area contributed by atoms with Crippen LogP contribution in [0.1, 0.15) is 12.5 Å². The van der Waals surface area contributed by atoms with Gasteiger partial charge in [0.15, 0.2) is 0 Å². The van der Waals surface area contributed by atoms with Crippen LogP contribution in [0.3, 0.4) is 0 Å². The van der Waals surface area contributed by atoms with E-state index in [9.17, 15) is 14.4 Å². The molecule has 0 bridgehead atoms. The van der Waals surface area contributed by atoms with Crippen molar-refractivity contribution in [3.8, 4) is 0 Å². The van der Waals surface area contributed by atoms with Crippen LogP contribution in [-0.2, 0) is 25.7 Å². The fraction of sp³-hybridized carbons (Fsp3) is 0.500. The molecule has 7 heteroatoms. The smallest absolute Gasteiger partial charge is 0.249 e. The summed E-state index contributed by atoms with van der Waals surface area (Å²) in [6, 6.07) is 9.02. The Kier molecular flexibility index (Phi) is 5.33. The number of piperazine rings is 1. The molecule has 1 aromatic rings. The van der Waals surface area contributed by atoms with Crippen LogP contribution in [0.25, 0.3) is 0 Å². The maximum Gasteiger partial charge on any atom is 0.249 e. The van der Waals surface area contributed by atoms with Gasteiger partial charge in [-0.15, -0.1) is 0 Å². The standard InChI is InChI=1S/C18H23N3O4/c1-14(22)19-7-9-20(10-8-19)18(24)16-12-25-13-17(23)21(16)11-15-5-3-2-4-6-15/h2-6,16H,7-13H2,1H3/t16-/m1/s1. The van der Waals surface area contributed by atoms with Crippen molar-refractivity contribution in [1.29, 1.82) is 0 Å². The van der Waals surface area contributed by atoms with Gasteiger partial charge in [-0.05, 0) is 5.56 Å². The Bertz CT molecular complexity index is 641. The number of amides is 3. The van der Waals surface area contributed by atoms with Gasteiger partial charge in [0.25, 0.3) is 0 Å². The number of rotatable bonds is 3. The molecule has 0 aliphatic carbocycles. The lowest BCUT2D eigenvalue weighted by atomic mass is 10.1. The summed E-state index contributed by atoms with van der Waals surface area (Å²) in [5.74, 6) is -0.253. The molecule has 0 radical (unpaired) electrons. The van der Waals surface area contributed by atoms with Crippen molar-refractivity contribution < 1.29 is 19.1 Å². The molecule has 1 atom stereocenters. The lowest BCUT2D eigenvalue weighted by Gasteiger charge is -2.40. The van der Waals surface area contributed by atoms with Crippen molar-refractivity contribution in [3.05, 3.63) is 35.9 Å². The Morgan fingerprint density at radius 3 is 2.36 bits per heavy atom. The summed E-state index contributed by atoms with van der Waals surface area (Å²) in [5, 5.41) is 0. The minimum Gasteiger partial charge on any atom is -0.369 e. The second kappa shape index (κ2) is 7.65.